The van der Waals surface area contributed by atoms with Crippen LogP contribution in [-0.4, -0.2) is 54.3 Å². The summed E-state index contributed by atoms with van der Waals surface area (Å²) in [7, 11) is 1.56. The number of anilines is 2. The lowest BCUT2D eigenvalue weighted by atomic mass is 9.71. The van der Waals surface area contributed by atoms with Crippen molar-refractivity contribution in [1.29, 1.82) is 0 Å². The number of urea groups is 1. The molecule has 1 saturated heterocycles. The van der Waals surface area contributed by atoms with Gasteiger partial charge in [0.2, 0.25) is 0 Å². The lowest BCUT2D eigenvalue weighted by molar-refractivity contribution is -0.0241. The van der Waals surface area contributed by atoms with Gasteiger partial charge in [0.25, 0.3) is 5.91 Å². The molecule has 33 heavy (non-hydrogen) atoms. The minimum Gasteiger partial charge on any atom is -0.495 e. The number of fused-ring (bicyclic) bond motifs is 3. The zero-order valence-electron chi connectivity index (χ0n) is 18.2. The molecule has 3 aromatic carbocycles. The van der Waals surface area contributed by atoms with Crippen LogP contribution in [0.2, 0.25) is 0 Å². The SMILES string of the molecule is COc1ccccc1NC(=O)N1C[C@@H]2[C@H](c3ccccc31)[C@@H](CO)N2C(=O)c1ccccc1. The Labute approximate surface area is 192 Å². The van der Waals surface area contributed by atoms with E-state index in [-0.39, 0.29) is 36.5 Å². The average Bonchev–Trinajstić information content (AvgIpc) is 2.85. The van der Waals surface area contributed by atoms with Crippen molar-refractivity contribution in [2.45, 2.75) is 18.0 Å². The number of nitrogens with one attached hydrogen (secondary N) is 1. The van der Waals surface area contributed by atoms with Gasteiger partial charge in [-0.2, -0.15) is 0 Å². The first-order chi connectivity index (χ1) is 16.1. The van der Waals surface area contributed by atoms with Crippen LogP contribution in [-0.2, 0) is 0 Å². The largest absolute Gasteiger partial charge is 0.495 e. The Hall–Kier alpha value is -3.84. The van der Waals surface area contributed by atoms with Gasteiger partial charge in [-0.05, 0) is 35.9 Å². The second-order valence-electron chi connectivity index (χ2n) is 8.22. The molecule has 3 aromatic rings. The van der Waals surface area contributed by atoms with Gasteiger partial charge in [0.15, 0.2) is 0 Å². The average molecular weight is 444 g/mol. The highest BCUT2D eigenvalue weighted by molar-refractivity contribution is 6.04. The molecule has 7 heteroatoms. The topological polar surface area (TPSA) is 82.1 Å². The Bertz CT molecular complexity index is 1180. The van der Waals surface area contributed by atoms with E-state index in [1.54, 1.807) is 41.2 Å². The van der Waals surface area contributed by atoms with Crippen molar-refractivity contribution >= 4 is 23.3 Å². The molecule has 0 unspecified atom stereocenters. The van der Waals surface area contributed by atoms with Crippen LogP contribution >= 0.6 is 0 Å². The predicted molar refractivity (Wildman–Crippen MR) is 126 cm³/mol. The van der Waals surface area contributed by atoms with Gasteiger partial charge < -0.3 is 20.1 Å². The van der Waals surface area contributed by atoms with Crippen molar-refractivity contribution in [2.75, 3.05) is 30.5 Å². The Morgan fingerprint density at radius 3 is 2.45 bits per heavy atom. The number of ether oxygens (including phenoxy) is 1. The van der Waals surface area contributed by atoms with Gasteiger partial charge in [0, 0.05) is 23.7 Å². The second-order valence-corrected chi connectivity index (χ2v) is 8.22. The number of amides is 3. The van der Waals surface area contributed by atoms with Crippen LogP contribution in [0.3, 0.4) is 0 Å². The Kier molecular flexibility index (Phi) is 5.48. The molecular formula is C26H25N3O4. The number of hydrogen-bond donors (Lipinski definition) is 2. The molecule has 0 radical (unpaired) electrons. The summed E-state index contributed by atoms with van der Waals surface area (Å²) in [4.78, 5) is 30.1. The first-order valence-electron chi connectivity index (χ1n) is 10.9. The maximum Gasteiger partial charge on any atom is 0.326 e. The van der Waals surface area contributed by atoms with E-state index in [1.165, 1.54) is 0 Å². The van der Waals surface area contributed by atoms with Crippen LogP contribution in [0.15, 0.2) is 78.9 Å². The molecule has 0 aromatic heterocycles. The number of methoxy groups -OCH3 is 1. The Morgan fingerprint density at radius 2 is 1.70 bits per heavy atom. The van der Waals surface area contributed by atoms with Gasteiger partial charge in [-0.15, -0.1) is 0 Å². The summed E-state index contributed by atoms with van der Waals surface area (Å²) < 4.78 is 5.36. The minimum atomic E-state index is -0.330. The molecule has 0 bridgehead atoms. The van der Waals surface area contributed by atoms with E-state index in [9.17, 15) is 14.7 Å². The van der Waals surface area contributed by atoms with Crippen molar-refractivity contribution in [2.24, 2.45) is 0 Å². The molecular weight excluding hydrogens is 418 g/mol. The molecule has 0 spiro atoms. The van der Waals surface area contributed by atoms with Crippen LogP contribution in [0.4, 0.5) is 16.2 Å². The standard InChI is InChI=1S/C26H25N3O4/c1-33-23-14-8-6-12-19(23)27-26(32)28-15-21-24(18-11-5-7-13-20(18)28)22(16-30)29(21)25(31)17-9-3-2-4-10-17/h2-14,21-22,24,30H,15-16H2,1H3,(H,27,32)/t21-,22-,24+/m1/s1. The van der Waals surface area contributed by atoms with E-state index in [1.807, 2.05) is 54.6 Å². The molecule has 2 N–H and O–H groups in total. The van der Waals surface area contributed by atoms with Gasteiger partial charge >= 0.3 is 6.03 Å². The normalized spacial score (nSPS) is 20.8. The molecule has 5 rings (SSSR count). The highest BCUT2D eigenvalue weighted by Crippen LogP contribution is 2.48. The molecule has 3 amide bonds. The van der Waals surface area contributed by atoms with E-state index in [0.717, 1.165) is 11.3 Å². The number of para-hydroxylation sites is 3. The Balaban J connectivity index is 1.48. The number of rotatable bonds is 4. The number of carbonyl (C=O) groups is 2. The highest BCUT2D eigenvalue weighted by Gasteiger charge is 2.55. The second kappa shape index (κ2) is 8.60. The fourth-order valence-corrected chi connectivity index (χ4v) is 5.02. The fourth-order valence-electron chi connectivity index (χ4n) is 5.02. The van der Waals surface area contributed by atoms with Gasteiger partial charge in [-0.3, -0.25) is 9.69 Å². The van der Waals surface area contributed by atoms with E-state index in [0.29, 0.717) is 23.5 Å². The monoisotopic (exact) mass is 443 g/mol. The molecule has 2 aliphatic heterocycles. The van der Waals surface area contributed by atoms with Crippen LogP contribution in [0, 0.1) is 0 Å². The number of benzene rings is 3. The first-order valence-corrected chi connectivity index (χ1v) is 10.9. The number of carbonyl (C=O) groups excluding carboxylic acids is 2. The lowest BCUT2D eigenvalue weighted by Gasteiger charge is -2.58. The van der Waals surface area contributed by atoms with E-state index < -0.39 is 0 Å². The number of likely N-dealkylation sites (tertiary alicyclic amines) is 1. The van der Waals surface area contributed by atoms with Crippen molar-refractivity contribution in [3.05, 3.63) is 90.0 Å². The summed E-state index contributed by atoms with van der Waals surface area (Å²) in [6, 6.07) is 23.1. The Morgan fingerprint density at radius 1 is 1.00 bits per heavy atom. The molecule has 3 atom stereocenters. The molecule has 2 aliphatic rings. The zero-order chi connectivity index (χ0) is 22.9. The lowest BCUT2D eigenvalue weighted by Crippen LogP contribution is -2.71. The quantitative estimate of drug-likeness (QED) is 0.644. The summed E-state index contributed by atoms with van der Waals surface area (Å²) in [6.45, 7) is 0.194. The summed E-state index contributed by atoms with van der Waals surface area (Å²) in [5, 5.41) is 13.1. The van der Waals surface area contributed by atoms with Gasteiger partial charge in [-0.1, -0.05) is 48.5 Å². The summed E-state index contributed by atoms with van der Waals surface area (Å²) >= 11 is 0. The minimum absolute atomic E-state index is 0.0332. The van der Waals surface area contributed by atoms with Crippen molar-refractivity contribution in [3.63, 3.8) is 0 Å². The summed E-state index contributed by atoms with van der Waals surface area (Å²) in [6.07, 6.45) is 0. The molecule has 2 heterocycles. The maximum absolute atomic E-state index is 13.4. The van der Waals surface area contributed by atoms with Crippen LogP contribution in [0.25, 0.3) is 0 Å². The first kappa shape index (κ1) is 21.0. The third-order valence-corrected chi connectivity index (χ3v) is 6.54. The summed E-state index contributed by atoms with van der Waals surface area (Å²) in [5.41, 5.74) is 2.89. The zero-order valence-corrected chi connectivity index (χ0v) is 18.2. The molecule has 168 valence electrons. The molecule has 0 saturated carbocycles. The van der Waals surface area contributed by atoms with E-state index in [2.05, 4.69) is 5.32 Å². The van der Waals surface area contributed by atoms with Crippen molar-refractivity contribution in [1.82, 2.24) is 4.90 Å². The van der Waals surface area contributed by atoms with E-state index in [4.69, 9.17) is 4.74 Å². The smallest absolute Gasteiger partial charge is 0.326 e. The van der Waals surface area contributed by atoms with Crippen LogP contribution in [0.5, 0.6) is 5.75 Å². The van der Waals surface area contributed by atoms with Crippen LogP contribution < -0.4 is 15.0 Å². The van der Waals surface area contributed by atoms with Gasteiger partial charge in [0.1, 0.15) is 5.75 Å². The predicted octanol–water partition coefficient (Wildman–Crippen LogP) is 3.72. The fraction of sp³-hybridized carbons (Fsp3) is 0.231. The number of aliphatic hydroxyl groups is 1. The number of aliphatic hydroxyl groups excluding tert-OH is 1. The number of nitrogens with zero attached hydrogens (tertiary/aromatic N) is 2. The number of hydrogen-bond acceptors (Lipinski definition) is 4. The molecule has 0 aliphatic carbocycles. The third kappa shape index (κ3) is 3.50. The van der Waals surface area contributed by atoms with Gasteiger partial charge in [-0.25, -0.2) is 4.79 Å². The van der Waals surface area contributed by atoms with E-state index >= 15 is 0 Å². The van der Waals surface area contributed by atoms with Crippen molar-refractivity contribution < 1.29 is 19.4 Å². The maximum atomic E-state index is 13.4. The third-order valence-electron chi connectivity index (χ3n) is 6.54. The highest BCUT2D eigenvalue weighted by atomic mass is 16.5. The van der Waals surface area contributed by atoms with Crippen molar-refractivity contribution in [3.8, 4) is 5.75 Å². The van der Waals surface area contributed by atoms with Gasteiger partial charge in [0.05, 0.1) is 31.5 Å². The molecule has 1 fully saturated rings. The van der Waals surface area contributed by atoms with Crippen LogP contribution in [0.1, 0.15) is 21.8 Å². The molecule has 7 nitrogen and oxygen atoms in total. The summed E-state index contributed by atoms with van der Waals surface area (Å²) in [5.74, 6) is 0.397.